The summed E-state index contributed by atoms with van der Waals surface area (Å²) in [6.07, 6.45) is -1.75. The van der Waals surface area contributed by atoms with Gasteiger partial charge in [-0.25, -0.2) is 0 Å². The molecule has 2 bridgehead atoms. The van der Waals surface area contributed by atoms with Crippen LogP contribution in [0.2, 0.25) is 0 Å². The van der Waals surface area contributed by atoms with Crippen LogP contribution < -0.4 is 0 Å². The van der Waals surface area contributed by atoms with Crippen molar-refractivity contribution >= 4 is 23.5 Å². The van der Waals surface area contributed by atoms with E-state index in [1.807, 2.05) is 27.7 Å². The fraction of sp³-hybridized carbons (Fsp3) is 0.862. The summed E-state index contributed by atoms with van der Waals surface area (Å²) in [4.78, 5) is 54.1. The summed E-state index contributed by atoms with van der Waals surface area (Å²) in [7, 11) is 0. The Morgan fingerprint density at radius 1 is 0.923 bits per heavy atom. The van der Waals surface area contributed by atoms with Crippen LogP contribution in [0.15, 0.2) is 0 Å². The summed E-state index contributed by atoms with van der Waals surface area (Å²) >= 11 is 0. The molecular weight excluding hydrogens is 508 g/mol. The van der Waals surface area contributed by atoms with Crippen molar-refractivity contribution in [1.29, 1.82) is 0 Å². The first-order chi connectivity index (χ1) is 18.2. The van der Waals surface area contributed by atoms with E-state index < -0.39 is 88.0 Å². The number of carbonyl (C=O) groups excluding carboxylic acids is 4. The van der Waals surface area contributed by atoms with Crippen LogP contribution in [-0.2, 0) is 42.9 Å². The lowest BCUT2D eigenvalue weighted by Crippen LogP contribution is -2.64. The number of hydrogen-bond donors (Lipinski definition) is 1. The first kappa shape index (κ1) is 24.9. The molecule has 6 saturated heterocycles. The first-order valence-electron chi connectivity index (χ1n) is 14.5. The molecule has 0 aromatic carbocycles. The molecule has 0 radical (unpaired) electrons. The molecule has 1 N–H and O–H groups in total. The van der Waals surface area contributed by atoms with E-state index in [1.54, 1.807) is 6.92 Å². The third kappa shape index (κ3) is 2.56. The molecular formula is C29H36O10. The topological polar surface area (TPSA) is 135 Å². The predicted molar refractivity (Wildman–Crippen MR) is 129 cm³/mol. The SMILES string of the molecule is C[C@@H]1C(=O)O[C@@H]2[C@@H]1O[C@@]13O[C@@]4(CC[C@]5(C)C(=O)[C@H](C)[C@@H]2[C@H]15)C[C@]12OC(=O)C[C@@H]1OC(C)(C)[C@@H]2C[C@H](O)[C@@H]4C3=O. The van der Waals surface area contributed by atoms with Gasteiger partial charge in [0, 0.05) is 35.5 Å². The van der Waals surface area contributed by atoms with Crippen LogP contribution in [0.3, 0.4) is 0 Å². The van der Waals surface area contributed by atoms with Gasteiger partial charge in [0.25, 0.3) is 0 Å². The standard InChI is InChI=1S/C29H36O10/c1-11-17-20-19(12(2)24(34)35-20)38-29-21(17)26(5,22(11)32)6-7-27(39-29)10-28-14(8-13(30)18(27)23(29)33)25(3,4)36-15(28)9-16(31)37-28/h11-15,17-21,30H,6-10H2,1-5H3/t11-,12+,13+,14+,15+,17+,18-,19-,20+,21+,26+,27+,28-,29-/m1/s1. The third-order valence-corrected chi connectivity index (χ3v) is 12.3. The van der Waals surface area contributed by atoms with Gasteiger partial charge in [0.15, 0.2) is 0 Å². The summed E-state index contributed by atoms with van der Waals surface area (Å²) in [6.45, 7) is 9.33. The van der Waals surface area contributed by atoms with Crippen LogP contribution in [0.4, 0.5) is 0 Å². The Kier molecular flexibility index (Phi) is 4.43. The molecule has 3 spiro atoms. The van der Waals surface area contributed by atoms with Gasteiger partial charge in [-0.05, 0) is 40.0 Å². The van der Waals surface area contributed by atoms with Gasteiger partial charge in [-0.1, -0.05) is 13.8 Å². The Bertz CT molecular complexity index is 1240. The molecule has 0 aromatic rings. The zero-order chi connectivity index (χ0) is 27.7. The van der Waals surface area contributed by atoms with Crippen LogP contribution in [0.5, 0.6) is 0 Å². The minimum atomic E-state index is -1.80. The van der Waals surface area contributed by atoms with Crippen LogP contribution in [0.25, 0.3) is 0 Å². The van der Waals surface area contributed by atoms with Gasteiger partial charge in [-0.15, -0.1) is 0 Å². The highest BCUT2D eigenvalue weighted by molar-refractivity contribution is 5.97. The Hall–Kier alpha value is -1.88. The molecule has 6 heterocycles. The lowest BCUT2D eigenvalue weighted by Gasteiger charge is -2.50. The number of ketones is 2. The Labute approximate surface area is 226 Å². The quantitative estimate of drug-likeness (QED) is 0.447. The Morgan fingerprint density at radius 2 is 1.67 bits per heavy atom. The molecule has 10 heteroatoms. The van der Waals surface area contributed by atoms with E-state index in [0.29, 0.717) is 12.8 Å². The summed E-state index contributed by atoms with van der Waals surface area (Å²) in [5.74, 6) is -6.35. The van der Waals surface area contributed by atoms with E-state index in [1.165, 1.54) is 0 Å². The van der Waals surface area contributed by atoms with Crippen molar-refractivity contribution in [2.24, 2.45) is 40.9 Å². The Balaban J connectivity index is 1.32. The smallest absolute Gasteiger partial charge is 0.311 e. The first-order valence-corrected chi connectivity index (χ1v) is 14.5. The lowest BCUT2D eigenvalue weighted by atomic mass is 9.60. The molecule has 8 rings (SSSR count). The van der Waals surface area contributed by atoms with Crippen LogP contribution in [-0.4, -0.2) is 75.6 Å². The van der Waals surface area contributed by atoms with Crippen molar-refractivity contribution < 1.29 is 48.0 Å². The monoisotopic (exact) mass is 544 g/mol. The van der Waals surface area contributed by atoms with Crippen molar-refractivity contribution in [3.05, 3.63) is 0 Å². The van der Waals surface area contributed by atoms with Crippen molar-refractivity contribution in [2.45, 2.75) is 114 Å². The van der Waals surface area contributed by atoms with E-state index in [2.05, 4.69) is 0 Å². The van der Waals surface area contributed by atoms with Gasteiger partial charge in [-0.3, -0.25) is 19.2 Å². The van der Waals surface area contributed by atoms with E-state index in [0.717, 1.165) is 0 Å². The van der Waals surface area contributed by atoms with Gasteiger partial charge in [-0.2, -0.15) is 0 Å². The summed E-state index contributed by atoms with van der Waals surface area (Å²) in [5, 5.41) is 11.8. The maximum atomic E-state index is 14.8. The zero-order valence-electron chi connectivity index (χ0n) is 22.9. The molecule has 8 aliphatic rings. The summed E-state index contributed by atoms with van der Waals surface area (Å²) in [6, 6.07) is 0. The molecule has 2 saturated carbocycles. The van der Waals surface area contributed by atoms with Crippen molar-refractivity contribution in [1.82, 2.24) is 0 Å². The fourth-order valence-corrected chi connectivity index (χ4v) is 10.8. The predicted octanol–water partition coefficient (Wildman–Crippen LogP) is 1.48. The van der Waals surface area contributed by atoms with Gasteiger partial charge in [0.1, 0.15) is 29.7 Å². The number of Topliss-reactive ketones (excluding diaryl/α,β-unsaturated/α-hetero) is 2. The average Bonchev–Trinajstić information content (AvgIpc) is 3.45. The summed E-state index contributed by atoms with van der Waals surface area (Å²) < 4.78 is 32.0. The number of aliphatic hydroxyl groups is 1. The zero-order valence-corrected chi connectivity index (χ0v) is 22.9. The van der Waals surface area contributed by atoms with E-state index in [9.17, 15) is 24.3 Å². The second-order valence-electron chi connectivity index (χ2n) is 14.4. The average molecular weight is 545 g/mol. The number of carbonyl (C=O) groups is 4. The normalized spacial score (nSPS) is 59.9. The van der Waals surface area contributed by atoms with Crippen LogP contribution >= 0.6 is 0 Å². The number of esters is 2. The fourth-order valence-electron chi connectivity index (χ4n) is 10.8. The van der Waals surface area contributed by atoms with Gasteiger partial charge in [0.05, 0.1) is 35.6 Å². The molecule has 212 valence electrons. The van der Waals surface area contributed by atoms with Gasteiger partial charge < -0.3 is 28.8 Å². The number of fused-ring (bicyclic) bond motifs is 2. The number of ether oxygens (including phenoxy) is 5. The molecule has 8 fully saturated rings. The molecule has 0 amide bonds. The maximum absolute atomic E-state index is 14.8. The minimum absolute atomic E-state index is 0.0225. The molecule has 14 atom stereocenters. The lowest BCUT2D eigenvalue weighted by molar-refractivity contribution is -0.331. The molecule has 6 aliphatic heterocycles. The highest BCUT2D eigenvalue weighted by Gasteiger charge is 2.83. The van der Waals surface area contributed by atoms with Crippen molar-refractivity contribution in [2.75, 3.05) is 0 Å². The second kappa shape index (κ2) is 6.94. The Morgan fingerprint density at radius 3 is 2.41 bits per heavy atom. The van der Waals surface area contributed by atoms with E-state index >= 15 is 0 Å². The van der Waals surface area contributed by atoms with Crippen LogP contribution in [0, 0.1) is 40.9 Å². The van der Waals surface area contributed by atoms with E-state index in [4.69, 9.17) is 23.7 Å². The molecule has 2 aliphatic carbocycles. The van der Waals surface area contributed by atoms with E-state index in [-0.39, 0.29) is 42.7 Å². The minimum Gasteiger partial charge on any atom is -0.459 e. The maximum Gasteiger partial charge on any atom is 0.311 e. The third-order valence-electron chi connectivity index (χ3n) is 12.3. The highest BCUT2D eigenvalue weighted by Crippen LogP contribution is 2.71. The molecule has 39 heavy (non-hydrogen) atoms. The highest BCUT2D eigenvalue weighted by atomic mass is 16.7. The van der Waals surface area contributed by atoms with Gasteiger partial charge in [0.2, 0.25) is 11.6 Å². The summed E-state index contributed by atoms with van der Waals surface area (Å²) in [5.41, 5.74) is -3.91. The largest absolute Gasteiger partial charge is 0.459 e. The van der Waals surface area contributed by atoms with Gasteiger partial charge >= 0.3 is 11.9 Å². The number of rotatable bonds is 0. The molecule has 0 unspecified atom stereocenters. The number of aliphatic hydroxyl groups excluding tert-OH is 1. The molecule has 0 aromatic heterocycles. The number of hydrogen-bond acceptors (Lipinski definition) is 10. The van der Waals surface area contributed by atoms with Crippen molar-refractivity contribution in [3.8, 4) is 0 Å². The molecule has 10 nitrogen and oxygen atoms in total. The second-order valence-corrected chi connectivity index (χ2v) is 14.4. The van der Waals surface area contributed by atoms with Crippen molar-refractivity contribution in [3.63, 3.8) is 0 Å². The van der Waals surface area contributed by atoms with Crippen LogP contribution in [0.1, 0.15) is 66.7 Å².